The average molecular weight is 213 g/mol. The van der Waals surface area contributed by atoms with Crippen LogP contribution in [0, 0.1) is 0 Å². The number of rotatable bonds is 2. The fourth-order valence-corrected chi connectivity index (χ4v) is 2.72. The van der Waals surface area contributed by atoms with Crippen molar-refractivity contribution in [1.82, 2.24) is 9.78 Å². The molecular weight excluding hydrogens is 198 g/mol. The smallest absolute Gasteiger partial charge is 0.141 e. The number of aryl methyl sites for hydroxylation is 1. The second-order valence-electron chi connectivity index (χ2n) is 3.58. The van der Waals surface area contributed by atoms with Gasteiger partial charge in [0.15, 0.2) is 0 Å². The zero-order chi connectivity index (χ0) is 10.1. The van der Waals surface area contributed by atoms with Crippen molar-refractivity contribution in [3.63, 3.8) is 0 Å². The highest BCUT2D eigenvalue weighted by Crippen LogP contribution is 2.34. The van der Waals surface area contributed by atoms with Crippen molar-refractivity contribution in [2.75, 3.05) is 12.3 Å². The second kappa shape index (κ2) is 3.82. The summed E-state index contributed by atoms with van der Waals surface area (Å²) in [5.74, 6) is 0. The second-order valence-corrected chi connectivity index (χ2v) is 4.81. The largest absolute Gasteiger partial charge is 0.395 e. The summed E-state index contributed by atoms with van der Waals surface area (Å²) in [7, 11) is 1.88. The monoisotopic (exact) mass is 213 g/mol. The zero-order valence-electron chi connectivity index (χ0n) is 8.43. The number of anilines is 1. The van der Waals surface area contributed by atoms with Crippen LogP contribution in [0.5, 0.6) is 0 Å². The molecule has 2 unspecified atom stereocenters. The minimum Gasteiger partial charge on any atom is -0.395 e. The van der Waals surface area contributed by atoms with E-state index in [0.717, 1.165) is 23.7 Å². The Balaban J connectivity index is 2.06. The van der Waals surface area contributed by atoms with Crippen LogP contribution < -0.4 is 5.73 Å². The van der Waals surface area contributed by atoms with Crippen LogP contribution in [0.3, 0.4) is 0 Å². The highest BCUT2D eigenvalue weighted by molar-refractivity contribution is 8.00. The molecule has 0 amide bonds. The Morgan fingerprint density at radius 2 is 2.50 bits per heavy atom. The Hall–Kier alpha value is -0.680. The van der Waals surface area contributed by atoms with Crippen molar-refractivity contribution >= 4 is 17.4 Å². The van der Waals surface area contributed by atoms with Crippen LogP contribution in [-0.2, 0) is 11.8 Å². The molecule has 14 heavy (non-hydrogen) atoms. The molecule has 0 saturated carbocycles. The predicted molar refractivity (Wildman–Crippen MR) is 57.3 cm³/mol. The van der Waals surface area contributed by atoms with Gasteiger partial charge in [0.2, 0.25) is 0 Å². The number of nitrogen functional groups attached to an aromatic ring is 1. The molecule has 0 radical (unpaired) electrons. The maximum absolute atomic E-state index is 5.82. The van der Waals surface area contributed by atoms with Gasteiger partial charge in [-0.3, -0.25) is 4.68 Å². The van der Waals surface area contributed by atoms with Crippen LogP contribution in [0.4, 0.5) is 5.69 Å². The molecule has 2 rings (SSSR count). The maximum Gasteiger partial charge on any atom is 0.141 e. The molecule has 1 fully saturated rings. The molecule has 0 spiro atoms. The van der Waals surface area contributed by atoms with Crippen molar-refractivity contribution in [2.24, 2.45) is 7.05 Å². The summed E-state index contributed by atoms with van der Waals surface area (Å²) in [6.07, 6.45) is 3.23. The van der Waals surface area contributed by atoms with Crippen molar-refractivity contribution < 1.29 is 4.74 Å². The summed E-state index contributed by atoms with van der Waals surface area (Å²) in [6, 6.07) is 0. The van der Waals surface area contributed by atoms with E-state index < -0.39 is 0 Å². The predicted octanol–water partition coefficient (Wildman–Crippen LogP) is 1.27. The molecule has 4 nitrogen and oxygen atoms in total. The van der Waals surface area contributed by atoms with E-state index in [1.165, 1.54) is 0 Å². The zero-order valence-corrected chi connectivity index (χ0v) is 9.25. The van der Waals surface area contributed by atoms with Crippen LogP contribution in [0.25, 0.3) is 0 Å². The fraction of sp³-hybridized carbons (Fsp3) is 0.667. The summed E-state index contributed by atoms with van der Waals surface area (Å²) in [6.45, 7) is 2.95. The van der Waals surface area contributed by atoms with Crippen LogP contribution in [0.1, 0.15) is 13.3 Å². The van der Waals surface area contributed by atoms with E-state index in [4.69, 9.17) is 10.5 Å². The van der Waals surface area contributed by atoms with Crippen molar-refractivity contribution in [1.29, 1.82) is 0 Å². The molecule has 0 aromatic carbocycles. The third kappa shape index (κ3) is 1.88. The normalized spacial score (nSPS) is 27.0. The number of hydrogen-bond donors (Lipinski definition) is 1. The van der Waals surface area contributed by atoms with Gasteiger partial charge in [-0.15, -0.1) is 0 Å². The first-order valence-electron chi connectivity index (χ1n) is 4.74. The SMILES string of the molecule is CC1OCCC1Sc1nn(C)cc1N. The molecule has 78 valence electrons. The lowest BCUT2D eigenvalue weighted by Crippen LogP contribution is -2.13. The summed E-state index contributed by atoms with van der Waals surface area (Å²) in [5, 5.41) is 5.73. The quantitative estimate of drug-likeness (QED) is 0.804. The lowest BCUT2D eigenvalue weighted by molar-refractivity contribution is 0.127. The molecule has 2 atom stereocenters. The molecule has 0 bridgehead atoms. The van der Waals surface area contributed by atoms with E-state index in [1.54, 1.807) is 16.4 Å². The standard InChI is InChI=1S/C9H15N3OS/c1-6-8(3-4-13-6)14-9-7(10)5-12(2)11-9/h5-6,8H,3-4,10H2,1-2H3. The molecular formula is C9H15N3OS. The Kier molecular flexibility index (Phi) is 2.69. The highest BCUT2D eigenvalue weighted by Gasteiger charge is 2.26. The van der Waals surface area contributed by atoms with E-state index >= 15 is 0 Å². The average Bonchev–Trinajstić information content (AvgIpc) is 2.62. The molecule has 1 aliphatic rings. The Morgan fingerprint density at radius 3 is 3.00 bits per heavy atom. The van der Waals surface area contributed by atoms with Gasteiger partial charge in [-0.05, 0) is 13.3 Å². The molecule has 2 heterocycles. The molecule has 0 aliphatic carbocycles. The fourth-order valence-electron chi connectivity index (χ4n) is 1.59. The van der Waals surface area contributed by atoms with Crippen LogP contribution in [0.2, 0.25) is 0 Å². The minimum atomic E-state index is 0.307. The number of nitrogens with zero attached hydrogens (tertiary/aromatic N) is 2. The summed E-state index contributed by atoms with van der Waals surface area (Å²) in [4.78, 5) is 0. The first-order valence-corrected chi connectivity index (χ1v) is 5.62. The van der Waals surface area contributed by atoms with E-state index in [9.17, 15) is 0 Å². The first-order chi connectivity index (χ1) is 6.66. The Labute approximate surface area is 87.8 Å². The topological polar surface area (TPSA) is 53.1 Å². The number of aromatic nitrogens is 2. The van der Waals surface area contributed by atoms with E-state index in [0.29, 0.717) is 11.4 Å². The van der Waals surface area contributed by atoms with E-state index in [2.05, 4.69) is 12.0 Å². The van der Waals surface area contributed by atoms with Gasteiger partial charge < -0.3 is 10.5 Å². The maximum atomic E-state index is 5.82. The van der Waals surface area contributed by atoms with Gasteiger partial charge in [0.1, 0.15) is 5.03 Å². The molecule has 1 aliphatic heterocycles. The summed E-state index contributed by atoms with van der Waals surface area (Å²) >= 11 is 1.72. The van der Waals surface area contributed by atoms with Crippen LogP contribution in [0.15, 0.2) is 11.2 Å². The number of hydrogen-bond acceptors (Lipinski definition) is 4. The first kappa shape index (κ1) is 9.86. The van der Waals surface area contributed by atoms with Crippen molar-refractivity contribution in [3.8, 4) is 0 Å². The molecule has 1 aromatic heterocycles. The van der Waals surface area contributed by atoms with Crippen molar-refractivity contribution in [2.45, 2.75) is 29.7 Å². The third-order valence-corrected chi connectivity index (χ3v) is 3.85. The van der Waals surface area contributed by atoms with Gasteiger partial charge in [0.25, 0.3) is 0 Å². The van der Waals surface area contributed by atoms with Crippen LogP contribution in [-0.4, -0.2) is 27.7 Å². The Bertz CT molecular complexity index is 326. The minimum absolute atomic E-state index is 0.307. The molecule has 1 saturated heterocycles. The molecule has 1 aromatic rings. The third-order valence-electron chi connectivity index (χ3n) is 2.39. The van der Waals surface area contributed by atoms with Gasteiger partial charge in [0, 0.05) is 25.1 Å². The lowest BCUT2D eigenvalue weighted by atomic mass is 10.3. The van der Waals surface area contributed by atoms with Gasteiger partial charge >= 0.3 is 0 Å². The van der Waals surface area contributed by atoms with Gasteiger partial charge in [-0.1, -0.05) is 11.8 Å². The lowest BCUT2D eigenvalue weighted by Gasteiger charge is -2.11. The molecule has 2 N–H and O–H groups in total. The van der Waals surface area contributed by atoms with Crippen LogP contribution >= 0.6 is 11.8 Å². The van der Waals surface area contributed by atoms with Gasteiger partial charge in [0.05, 0.1) is 11.8 Å². The van der Waals surface area contributed by atoms with Gasteiger partial charge in [-0.25, -0.2) is 0 Å². The van der Waals surface area contributed by atoms with E-state index in [-0.39, 0.29) is 0 Å². The summed E-state index contributed by atoms with van der Waals surface area (Å²) in [5.41, 5.74) is 6.58. The number of thioether (sulfide) groups is 1. The molecule has 5 heteroatoms. The van der Waals surface area contributed by atoms with E-state index in [1.807, 2.05) is 13.2 Å². The highest BCUT2D eigenvalue weighted by atomic mass is 32.2. The summed E-state index contributed by atoms with van der Waals surface area (Å²) < 4.78 is 7.24. The Morgan fingerprint density at radius 1 is 1.71 bits per heavy atom. The van der Waals surface area contributed by atoms with Crippen molar-refractivity contribution in [3.05, 3.63) is 6.20 Å². The number of nitrogens with two attached hydrogens (primary N) is 1. The van der Waals surface area contributed by atoms with Gasteiger partial charge in [-0.2, -0.15) is 5.10 Å². The number of ether oxygens (including phenoxy) is 1.